The summed E-state index contributed by atoms with van der Waals surface area (Å²) in [6.45, 7) is 4.76. The molecule has 3 rings (SSSR count). The highest BCUT2D eigenvalue weighted by atomic mass is 14.9. The van der Waals surface area contributed by atoms with Crippen LogP contribution in [0.25, 0.3) is 0 Å². The highest BCUT2D eigenvalue weighted by Gasteiger charge is 2.89. The van der Waals surface area contributed by atoms with Crippen molar-refractivity contribution in [2.24, 2.45) is 29.1 Å². The summed E-state index contributed by atoms with van der Waals surface area (Å²) in [5.41, 5.74) is 0.986. The van der Waals surface area contributed by atoms with Crippen LogP contribution in [-0.2, 0) is 0 Å². The molecule has 0 aromatic carbocycles. The first-order valence-electron chi connectivity index (χ1n) is 4.82. The van der Waals surface area contributed by atoms with Crippen molar-refractivity contribution in [3.63, 3.8) is 0 Å². The molecule has 0 radical (unpaired) electrons. The van der Waals surface area contributed by atoms with Crippen LogP contribution in [0.4, 0.5) is 0 Å². The molecule has 0 aromatic heterocycles. The molecular weight excluding hydrogens is 120 g/mol. The molecular formula is C10H16. The first kappa shape index (κ1) is 5.62. The van der Waals surface area contributed by atoms with Crippen molar-refractivity contribution in [2.45, 2.75) is 33.1 Å². The van der Waals surface area contributed by atoms with Gasteiger partial charge < -0.3 is 0 Å². The zero-order chi connectivity index (χ0) is 6.93. The highest BCUT2D eigenvalue weighted by molar-refractivity contribution is 5.36. The first-order valence-corrected chi connectivity index (χ1v) is 4.82. The zero-order valence-electron chi connectivity index (χ0n) is 6.93. The average Bonchev–Trinajstić information content (AvgIpc) is 2.70. The summed E-state index contributed by atoms with van der Waals surface area (Å²) in [5, 5.41) is 0. The number of hydrogen-bond acceptors (Lipinski definition) is 0. The van der Waals surface area contributed by atoms with Crippen LogP contribution in [0.15, 0.2) is 0 Å². The fourth-order valence-corrected chi connectivity index (χ4v) is 3.67. The smallest absolute Gasteiger partial charge is 0.0201 e. The van der Waals surface area contributed by atoms with Gasteiger partial charge in [-0.2, -0.15) is 0 Å². The monoisotopic (exact) mass is 136 g/mol. The lowest BCUT2D eigenvalue weighted by molar-refractivity contribution is 0.408. The Bertz CT molecular complexity index is 172. The van der Waals surface area contributed by atoms with Crippen molar-refractivity contribution in [3.8, 4) is 0 Å². The summed E-state index contributed by atoms with van der Waals surface area (Å²) < 4.78 is 0. The lowest BCUT2D eigenvalue weighted by Crippen LogP contribution is -2.01. The van der Waals surface area contributed by atoms with E-state index in [0.29, 0.717) is 0 Å². The molecule has 56 valence electrons. The van der Waals surface area contributed by atoms with E-state index in [9.17, 15) is 0 Å². The van der Waals surface area contributed by atoms with E-state index in [1.807, 2.05) is 0 Å². The fraction of sp³-hybridized carbons (Fsp3) is 1.00. The van der Waals surface area contributed by atoms with Crippen LogP contribution in [0.5, 0.6) is 0 Å². The van der Waals surface area contributed by atoms with Gasteiger partial charge in [0.2, 0.25) is 0 Å². The van der Waals surface area contributed by atoms with E-state index in [1.165, 1.54) is 30.6 Å². The van der Waals surface area contributed by atoms with Crippen molar-refractivity contribution in [2.75, 3.05) is 0 Å². The van der Waals surface area contributed by atoms with Crippen molar-refractivity contribution >= 4 is 0 Å². The van der Waals surface area contributed by atoms with Gasteiger partial charge in [0, 0.05) is 0 Å². The predicted octanol–water partition coefficient (Wildman–Crippen LogP) is 2.69. The minimum atomic E-state index is 0.986. The summed E-state index contributed by atoms with van der Waals surface area (Å²) in [6.07, 6.45) is 4.54. The van der Waals surface area contributed by atoms with Crippen LogP contribution < -0.4 is 0 Å². The van der Waals surface area contributed by atoms with Crippen LogP contribution in [0.1, 0.15) is 33.1 Å². The second-order valence-electron chi connectivity index (χ2n) is 4.72. The van der Waals surface area contributed by atoms with Gasteiger partial charge in [0.1, 0.15) is 0 Å². The Morgan fingerprint density at radius 2 is 2.00 bits per heavy atom. The maximum Gasteiger partial charge on any atom is -0.0201 e. The number of rotatable bonds is 2. The maximum atomic E-state index is 2.44. The summed E-state index contributed by atoms with van der Waals surface area (Å²) in [5.74, 6) is 4.80. The van der Waals surface area contributed by atoms with Crippen LogP contribution in [0.3, 0.4) is 0 Å². The second kappa shape index (κ2) is 1.31. The van der Waals surface area contributed by atoms with E-state index >= 15 is 0 Å². The van der Waals surface area contributed by atoms with Crippen LogP contribution in [-0.4, -0.2) is 0 Å². The predicted molar refractivity (Wildman–Crippen MR) is 41.6 cm³/mol. The van der Waals surface area contributed by atoms with Crippen molar-refractivity contribution in [3.05, 3.63) is 0 Å². The molecule has 3 aliphatic carbocycles. The lowest BCUT2D eigenvalue weighted by atomic mass is 9.97. The normalized spacial score (nSPS) is 67.8. The molecule has 0 bridgehead atoms. The van der Waals surface area contributed by atoms with E-state index < -0.39 is 0 Å². The van der Waals surface area contributed by atoms with Crippen molar-refractivity contribution in [1.29, 1.82) is 0 Å². The van der Waals surface area contributed by atoms with E-state index in [0.717, 1.165) is 11.3 Å². The van der Waals surface area contributed by atoms with E-state index in [-0.39, 0.29) is 0 Å². The Morgan fingerprint density at radius 3 is 2.40 bits per heavy atom. The lowest BCUT2D eigenvalue weighted by Gasteiger charge is -2.07. The highest BCUT2D eigenvalue weighted by Crippen LogP contribution is 2.94. The quantitative estimate of drug-likeness (QED) is 0.547. The molecule has 0 saturated heterocycles. The number of hydrogen-bond donors (Lipinski definition) is 0. The molecule has 0 N–H and O–H groups in total. The third-order valence-corrected chi connectivity index (χ3v) is 4.34. The summed E-state index contributed by atoms with van der Waals surface area (Å²) in [7, 11) is 0. The standard InChI is InChI=1S/C10H16/c1-3-4-7-8-9(7)10(8)5-6(10)2/h6-9H,3-5H2,1-2H3. The van der Waals surface area contributed by atoms with Gasteiger partial charge in [-0.25, -0.2) is 0 Å². The molecule has 0 nitrogen and oxygen atoms in total. The Kier molecular flexibility index (Phi) is 0.735. The molecule has 0 amide bonds. The fourth-order valence-electron chi connectivity index (χ4n) is 3.67. The van der Waals surface area contributed by atoms with Gasteiger partial charge in [-0.05, 0) is 35.5 Å². The van der Waals surface area contributed by atoms with Gasteiger partial charge in [0.15, 0.2) is 0 Å². The van der Waals surface area contributed by atoms with E-state index in [4.69, 9.17) is 0 Å². The van der Waals surface area contributed by atoms with Crippen molar-refractivity contribution in [1.82, 2.24) is 0 Å². The average molecular weight is 136 g/mol. The molecule has 0 heteroatoms. The van der Waals surface area contributed by atoms with Gasteiger partial charge in [-0.15, -0.1) is 0 Å². The third-order valence-electron chi connectivity index (χ3n) is 4.34. The molecule has 1 spiro atoms. The van der Waals surface area contributed by atoms with Gasteiger partial charge >= 0.3 is 0 Å². The van der Waals surface area contributed by atoms with Gasteiger partial charge in [0.25, 0.3) is 0 Å². The summed E-state index contributed by atoms with van der Waals surface area (Å²) >= 11 is 0. The minimum absolute atomic E-state index is 0.986. The maximum absolute atomic E-state index is 2.44. The second-order valence-corrected chi connectivity index (χ2v) is 4.72. The first-order chi connectivity index (χ1) is 4.82. The van der Waals surface area contributed by atoms with E-state index in [1.54, 1.807) is 6.42 Å². The van der Waals surface area contributed by atoms with E-state index in [2.05, 4.69) is 13.8 Å². The van der Waals surface area contributed by atoms with Crippen LogP contribution >= 0.6 is 0 Å². The Balaban J connectivity index is 1.60. The Morgan fingerprint density at radius 1 is 1.40 bits per heavy atom. The van der Waals surface area contributed by atoms with Gasteiger partial charge in [-0.1, -0.05) is 26.7 Å². The largest absolute Gasteiger partial charge is 0.0654 e. The SMILES string of the molecule is CCCC1C2C1C21CC1C. The van der Waals surface area contributed by atoms with Crippen molar-refractivity contribution < 1.29 is 0 Å². The Labute approximate surface area is 63.0 Å². The molecule has 3 aliphatic rings. The summed E-state index contributed by atoms with van der Waals surface area (Å²) in [4.78, 5) is 0. The molecule has 10 heavy (non-hydrogen) atoms. The molecule has 3 atom stereocenters. The van der Waals surface area contributed by atoms with Gasteiger partial charge in [0.05, 0.1) is 0 Å². The van der Waals surface area contributed by atoms with Gasteiger partial charge in [-0.3, -0.25) is 0 Å². The molecule has 0 aliphatic heterocycles. The topological polar surface area (TPSA) is 0 Å². The van der Waals surface area contributed by atoms with Crippen LogP contribution in [0, 0.1) is 29.1 Å². The molecule has 0 aromatic rings. The minimum Gasteiger partial charge on any atom is -0.0654 e. The number of fused-ring (bicyclic) bond motifs is 3. The molecule has 0 heterocycles. The zero-order valence-corrected chi connectivity index (χ0v) is 6.93. The van der Waals surface area contributed by atoms with Crippen LogP contribution in [0.2, 0.25) is 0 Å². The molecule has 3 unspecified atom stereocenters. The molecule has 3 saturated carbocycles. The summed E-state index contributed by atoms with van der Waals surface area (Å²) in [6, 6.07) is 0. The molecule has 3 fully saturated rings. The third kappa shape index (κ3) is 0.383. The Hall–Kier alpha value is 0.